The Bertz CT molecular complexity index is 876. The number of benzene rings is 1. The molecule has 0 bridgehead atoms. The molecule has 1 N–H and O–H groups in total. The quantitative estimate of drug-likeness (QED) is 0.507. The SMILES string of the molecule is C[Si](C)(C)CCOCn1nnc(-c2cncc(-c3cccc(O)c3)c2)n1. The second kappa shape index (κ2) is 7.75. The minimum Gasteiger partial charge on any atom is -0.508 e. The number of hydrogen-bond acceptors (Lipinski definition) is 6. The Labute approximate surface area is 153 Å². The Kier molecular flexibility index (Phi) is 5.43. The van der Waals surface area contributed by atoms with Gasteiger partial charge in [0.05, 0.1) is 0 Å². The Morgan fingerprint density at radius 1 is 1.08 bits per heavy atom. The maximum absolute atomic E-state index is 9.65. The third kappa shape index (κ3) is 4.96. The third-order valence-electron chi connectivity index (χ3n) is 3.83. The van der Waals surface area contributed by atoms with Crippen LogP contribution < -0.4 is 0 Å². The number of hydrogen-bond donors (Lipinski definition) is 1. The molecule has 2 heterocycles. The molecule has 3 rings (SSSR count). The first-order valence-electron chi connectivity index (χ1n) is 8.51. The molecule has 136 valence electrons. The van der Waals surface area contributed by atoms with Gasteiger partial charge in [0, 0.05) is 38.2 Å². The van der Waals surface area contributed by atoms with Crippen molar-refractivity contribution in [1.29, 1.82) is 0 Å². The van der Waals surface area contributed by atoms with E-state index in [1.807, 2.05) is 12.1 Å². The first-order chi connectivity index (χ1) is 12.4. The van der Waals surface area contributed by atoms with Crippen molar-refractivity contribution in [2.75, 3.05) is 6.61 Å². The minimum absolute atomic E-state index is 0.215. The van der Waals surface area contributed by atoms with E-state index in [2.05, 4.69) is 40.0 Å². The van der Waals surface area contributed by atoms with Gasteiger partial charge in [-0.3, -0.25) is 4.98 Å². The first-order valence-corrected chi connectivity index (χ1v) is 12.2. The van der Waals surface area contributed by atoms with Crippen LogP contribution in [0.4, 0.5) is 0 Å². The molecule has 7 nitrogen and oxygen atoms in total. The Morgan fingerprint density at radius 2 is 1.88 bits per heavy atom. The topological polar surface area (TPSA) is 86.0 Å². The Hall–Kier alpha value is -2.58. The molecule has 1 aromatic carbocycles. The fourth-order valence-electron chi connectivity index (χ4n) is 2.34. The highest BCUT2D eigenvalue weighted by Crippen LogP contribution is 2.25. The van der Waals surface area contributed by atoms with Crippen LogP contribution in [0.1, 0.15) is 0 Å². The lowest BCUT2D eigenvalue weighted by atomic mass is 10.1. The molecule has 0 aliphatic heterocycles. The molecule has 3 aromatic rings. The zero-order valence-electron chi connectivity index (χ0n) is 15.3. The smallest absolute Gasteiger partial charge is 0.206 e. The van der Waals surface area contributed by atoms with Gasteiger partial charge < -0.3 is 9.84 Å². The van der Waals surface area contributed by atoms with Gasteiger partial charge in [-0.25, -0.2) is 0 Å². The van der Waals surface area contributed by atoms with E-state index in [1.54, 1.807) is 30.6 Å². The van der Waals surface area contributed by atoms with Gasteiger partial charge >= 0.3 is 0 Å². The number of pyridine rings is 1. The van der Waals surface area contributed by atoms with Gasteiger partial charge in [-0.2, -0.15) is 0 Å². The average Bonchev–Trinajstić information content (AvgIpc) is 3.07. The zero-order valence-corrected chi connectivity index (χ0v) is 16.3. The van der Waals surface area contributed by atoms with Crippen molar-refractivity contribution >= 4 is 8.07 Å². The van der Waals surface area contributed by atoms with Gasteiger partial charge in [-0.15, -0.1) is 15.0 Å². The van der Waals surface area contributed by atoms with E-state index in [4.69, 9.17) is 4.74 Å². The number of phenols is 1. The van der Waals surface area contributed by atoms with E-state index in [0.717, 1.165) is 22.7 Å². The number of rotatable bonds is 7. The highest BCUT2D eigenvalue weighted by atomic mass is 28.3. The van der Waals surface area contributed by atoms with E-state index in [1.165, 1.54) is 4.80 Å². The molecular weight excluding hydrogens is 346 g/mol. The summed E-state index contributed by atoms with van der Waals surface area (Å²) < 4.78 is 5.64. The molecule has 8 heteroatoms. The number of aromatic nitrogens is 5. The summed E-state index contributed by atoms with van der Waals surface area (Å²) in [5, 5.41) is 22.1. The van der Waals surface area contributed by atoms with Crippen molar-refractivity contribution in [3.05, 3.63) is 42.7 Å². The van der Waals surface area contributed by atoms with E-state index < -0.39 is 8.07 Å². The molecule has 0 atom stereocenters. The van der Waals surface area contributed by atoms with Crippen LogP contribution in [0.3, 0.4) is 0 Å². The largest absolute Gasteiger partial charge is 0.508 e. The van der Waals surface area contributed by atoms with Crippen molar-refractivity contribution < 1.29 is 9.84 Å². The summed E-state index contributed by atoms with van der Waals surface area (Å²) in [6.45, 7) is 7.94. The summed E-state index contributed by atoms with van der Waals surface area (Å²) in [5.74, 6) is 0.709. The van der Waals surface area contributed by atoms with Gasteiger partial charge in [-0.05, 0) is 35.0 Å². The van der Waals surface area contributed by atoms with Gasteiger partial charge in [0.25, 0.3) is 0 Å². The Balaban J connectivity index is 1.68. The molecular formula is C18H23N5O2Si. The van der Waals surface area contributed by atoms with Gasteiger partial charge in [0.15, 0.2) is 6.73 Å². The second-order valence-electron chi connectivity index (χ2n) is 7.35. The lowest BCUT2D eigenvalue weighted by molar-refractivity contribution is 0.0674. The highest BCUT2D eigenvalue weighted by Gasteiger charge is 2.13. The summed E-state index contributed by atoms with van der Waals surface area (Å²) in [7, 11) is -1.10. The van der Waals surface area contributed by atoms with Crippen LogP contribution in [-0.4, -0.2) is 45.0 Å². The summed E-state index contributed by atoms with van der Waals surface area (Å²) in [4.78, 5) is 5.70. The van der Waals surface area contributed by atoms with Gasteiger partial charge in [-0.1, -0.05) is 31.8 Å². The predicted molar refractivity (Wildman–Crippen MR) is 102 cm³/mol. The van der Waals surface area contributed by atoms with Crippen LogP contribution in [-0.2, 0) is 11.5 Å². The standard InChI is InChI=1S/C18H23N5O2Si/c1-26(2,3)8-7-25-13-23-21-18(20-22-23)16-9-15(11-19-12-16)14-5-4-6-17(24)10-14/h4-6,9-12,24H,7-8,13H2,1-3H3. The molecule has 0 radical (unpaired) electrons. The third-order valence-corrected chi connectivity index (χ3v) is 5.54. The number of nitrogens with zero attached hydrogens (tertiary/aromatic N) is 5. The van der Waals surface area contributed by atoms with Crippen LogP contribution in [0.15, 0.2) is 42.7 Å². The summed E-state index contributed by atoms with van der Waals surface area (Å²) in [6, 6.07) is 10.1. The second-order valence-corrected chi connectivity index (χ2v) is 13.0. The maximum atomic E-state index is 9.65. The number of phenolic OH excluding ortho intramolecular Hbond substituents is 1. The molecule has 0 aliphatic carbocycles. The van der Waals surface area contributed by atoms with Crippen molar-refractivity contribution in [2.45, 2.75) is 32.4 Å². The molecule has 0 unspecified atom stereocenters. The van der Waals surface area contributed by atoms with Crippen molar-refractivity contribution in [2.24, 2.45) is 0 Å². The molecule has 0 amide bonds. The minimum atomic E-state index is -1.10. The van der Waals surface area contributed by atoms with E-state index >= 15 is 0 Å². The zero-order chi connectivity index (χ0) is 18.6. The van der Waals surface area contributed by atoms with E-state index in [9.17, 15) is 5.11 Å². The molecule has 0 spiro atoms. The summed E-state index contributed by atoms with van der Waals surface area (Å²) in [6.07, 6.45) is 3.43. The Morgan fingerprint density at radius 3 is 2.65 bits per heavy atom. The molecule has 2 aromatic heterocycles. The lowest BCUT2D eigenvalue weighted by Gasteiger charge is -2.14. The van der Waals surface area contributed by atoms with Crippen LogP contribution in [0.25, 0.3) is 22.5 Å². The van der Waals surface area contributed by atoms with Crippen molar-refractivity contribution in [3.63, 3.8) is 0 Å². The fraction of sp³-hybridized carbons (Fsp3) is 0.333. The highest BCUT2D eigenvalue weighted by molar-refractivity contribution is 6.76. The molecule has 0 aliphatic rings. The number of tetrazole rings is 1. The van der Waals surface area contributed by atoms with Crippen molar-refractivity contribution in [3.8, 4) is 28.3 Å². The maximum Gasteiger partial charge on any atom is 0.206 e. The fourth-order valence-corrected chi connectivity index (χ4v) is 3.10. The summed E-state index contributed by atoms with van der Waals surface area (Å²) >= 11 is 0. The van der Waals surface area contributed by atoms with E-state index in [0.29, 0.717) is 12.4 Å². The van der Waals surface area contributed by atoms with Crippen LogP contribution in [0.2, 0.25) is 25.7 Å². The van der Waals surface area contributed by atoms with Crippen molar-refractivity contribution in [1.82, 2.24) is 25.2 Å². The lowest BCUT2D eigenvalue weighted by Crippen LogP contribution is -2.22. The molecule has 0 saturated carbocycles. The monoisotopic (exact) mass is 369 g/mol. The molecule has 0 saturated heterocycles. The van der Waals surface area contributed by atoms with Gasteiger partial charge in [0.1, 0.15) is 5.75 Å². The molecule has 0 fully saturated rings. The first kappa shape index (κ1) is 18.2. The number of ether oxygens (including phenoxy) is 1. The van der Waals surface area contributed by atoms with Crippen LogP contribution >= 0.6 is 0 Å². The predicted octanol–water partition coefficient (Wildman–Crippen LogP) is 3.42. The van der Waals surface area contributed by atoms with Crippen LogP contribution in [0.5, 0.6) is 5.75 Å². The number of aromatic hydroxyl groups is 1. The average molecular weight is 370 g/mol. The van der Waals surface area contributed by atoms with Crippen LogP contribution in [0, 0.1) is 0 Å². The molecule has 26 heavy (non-hydrogen) atoms. The van der Waals surface area contributed by atoms with Gasteiger partial charge in [0.2, 0.25) is 5.82 Å². The summed E-state index contributed by atoms with van der Waals surface area (Å²) in [5.41, 5.74) is 2.52. The van der Waals surface area contributed by atoms with E-state index in [-0.39, 0.29) is 12.5 Å². The normalized spacial score (nSPS) is 11.7.